The van der Waals surface area contributed by atoms with Gasteiger partial charge in [-0.2, -0.15) is 5.10 Å². The molecule has 27 heavy (non-hydrogen) atoms. The van der Waals surface area contributed by atoms with E-state index < -0.39 is 0 Å². The number of carbonyl (C=O) groups is 1. The highest BCUT2D eigenvalue weighted by molar-refractivity contribution is 6.04. The van der Waals surface area contributed by atoms with Crippen molar-refractivity contribution < 1.29 is 9.53 Å². The third-order valence-electron chi connectivity index (χ3n) is 5.26. The van der Waals surface area contributed by atoms with Crippen LogP contribution in [0.5, 0.6) is 5.75 Å². The first kappa shape index (κ1) is 18.0. The molecule has 7 heteroatoms. The summed E-state index contributed by atoms with van der Waals surface area (Å²) in [5.74, 6) is 0.640. The molecule has 1 fully saturated rings. The van der Waals surface area contributed by atoms with Gasteiger partial charge in [0.05, 0.1) is 0 Å². The Labute approximate surface area is 159 Å². The van der Waals surface area contributed by atoms with Crippen LogP contribution >= 0.6 is 0 Å². The second-order valence-corrected chi connectivity index (χ2v) is 7.19. The molecule has 4 rings (SSSR count). The van der Waals surface area contributed by atoms with E-state index in [0.29, 0.717) is 18.8 Å². The molecule has 0 saturated carbocycles. The summed E-state index contributed by atoms with van der Waals surface area (Å²) in [6.45, 7) is 5.62. The van der Waals surface area contributed by atoms with Gasteiger partial charge in [-0.1, -0.05) is 6.42 Å². The van der Waals surface area contributed by atoms with Gasteiger partial charge in [-0.3, -0.25) is 14.8 Å². The number of nitrogens with zero attached hydrogens (tertiary/aromatic N) is 2. The molecule has 3 heterocycles. The molecule has 2 aliphatic heterocycles. The number of nitrogens with one attached hydrogen (secondary N) is 3. The number of anilines is 1. The third-order valence-corrected chi connectivity index (χ3v) is 5.26. The predicted molar refractivity (Wildman–Crippen MR) is 104 cm³/mol. The molecular formula is C20H27N5O2. The first-order chi connectivity index (χ1) is 13.3. The van der Waals surface area contributed by atoms with Gasteiger partial charge in [0.2, 0.25) is 0 Å². The van der Waals surface area contributed by atoms with Crippen LogP contribution in [-0.4, -0.2) is 53.8 Å². The van der Waals surface area contributed by atoms with Crippen molar-refractivity contribution in [3.8, 4) is 5.75 Å². The summed E-state index contributed by atoms with van der Waals surface area (Å²) >= 11 is 0. The van der Waals surface area contributed by atoms with Gasteiger partial charge < -0.3 is 15.4 Å². The molecule has 2 aliphatic rings. The van der Waals surface area contributed by atoms with Crippen LogP contribution in [0.15, 0.2) is 24.3 Å². The maximum atomic E-state index is 12.5. The number of rotatable bonds is 6. The molecule has 0 bridgehead atoms. The molecule has 0 atom stereocenters. The smallest absolute Gasteiger partial charge is 0.276 e. The Morgan fingerprint density at radius 3 is 2.81 bits per heavy atom. The number of fused-ring (bicyclic) bond motifs is 1. The van der Waals surface area contributed by atoms with Gasteiger partial charge in [0.1, 0.15) is 12.4 Å². The summed E-state index contributed by atoms with van der Waals surface area (Å²) in [7, 11) is 0. The quantitative estimate of drug-likeness (QED) is 0.727. The molecule has 0 spiro atoms. The maximum absolute atomic E-state index is 12.5. The van der Waals surface area contributed by atoms with Crippen molar-refractivity contribution in [2.24, 2.45) is 0 Å². The van der Waals surface area contributed by atoms with Crippen LogP contribution in [-0.2, 0) is 13.0 Å². The number of aromatic nitrogens is 2. The fraction of sp³-hybridized carbons (Fsp3) is 0.500. The van der Waals surface area contributed by atoms with E-state index in [1.807, 2.05) is 24.3 Å². The fourth-order valence-corrected chi connectivity index (χ4v) is 3.71. The number of benzene rings is 1. The monoisotopic (exact) mass is 369 g/mol. The zero-order chi connectivity index (χ0) is 18.5. The lowest BCUT2D eigenvalue weighted by atomic mass is 10.1. The SMILES string of the molecule is O=C(Nc1ccc(OCCN2CCCCC2)cc1)c1n[nH]c2c1CNCC2. The molecule has 2 aromatic rings. The lowest BCUT2D eigenvalue weighted by molar-refractivity contribution is 0.102. The van der Waals surface area contributed by atoms with E-state index >= 15 is 0 Å². The molecule has 7 nitrogen and oxygen atoms in total. The van der Waals surface area contributed by atoms with Crippen molar-refractivity contribution in [3.63, 3.8) is 0 Å². The van der Waals surface area contributed by atoms with Crippen LogP contribution in [0.3, 0.4) is 0 Å². The molecule has 0 aliphatic carbocycles. The van der Waals surface area contributed by atoms with Crippen LogP contribution in [0.25, 0.3) is 0 Å². The number of hydrogen-bond acceptors (Lipinski definition) is 5. The van der Waals surface area contributed by atoms with Gasteiger partial charge in [-0.25, -0.2) is 0 Å². The molecule has 1 aromatic heterocycles. The van der Waals surface area contributed by atoms with Gasteiger partial charge in [0, 0.05) is 43.0 Å². The van der Waals surface area contributed by atoms with Gasteiger partial charge >= 0.3 is 0 Å². The summed E-state index contributed by atoms with van der Waals surface area (Å²) in [6, 6.07) is 7.53. The molecule has 0 unspecified atom stereocenters. The van der Waals surface area contributed by atoms with Gasteiger partial charge in [0.25, 0.3) is 5.91 Å². The van der Waals surface area contributed by atoms with Crippen molar-refractivity contribution in [3.05, 3.63) is 41.2 Å². The Balaban J connectivity index is 1.28. The van der Waals surface area contributed by atoms with E-state index in [9.17, 15) is 4.79 Å². The number of amides is 1. The number of hydrogen-bond donors (Lipinski definition) is 3. The molecule has 1 saturated heterocycles. The number of aromatic amines is 1. The number of H-pyrrole nitrogens is 1. The van der Waals surface area contributed by atoms with Crippen molar-refractivity contribution in [1.29, 1.82) is 0 Å². The standard InChI is InChI=1S/C20H27N5O2/c26-20(19-17-14-21-9-8-18(17)23-24-19)22-15-4-6-16(7-5-15)27-13-12-25-10-2-1-3-11-25/h4-7,21H,1-3,8-14H2,(H,22,26)(H,23,24). The Kier molecular flexibility index (Phi) is 5.69. The zero-order valence-electron chi connectivity index (χ0n) is 15.6. The van der Waals surface area contributed by atoms with E-state index in [-0.39, 0.29) is 5.91 Å². The van der Waals surface area contributed by atoms with Crippen LogP contribution in [0.2, 0.25) is 0 Å². The average molecular weight is 369 g/mol. The summed E-state index contributed by atoms with van der Waals surface area (Å²) < 4.78 is 5.84. The summed E-state index contributed by atoms with van der Waals surface area (Å²) in [5.41, 5.74) is 3.23. The van der Waals surface area contributed by atoms with Gasteiger partial charge in [-0.05, 0) is 50.2 Å². The van der Waals surface area contributed by atoms with Crippen molar-refractivity contribution >= 4 is 11.6 Å². The molecule has 3 N–H and O–H groups in total. The minimum atomic E-state index is -0.185. The second kappa shape index (κ2) is 8.54. The van der Waals surface area contributed by atoms with Crippen LogP contribution in [0, 0.1) is 0 Å². The fourth-order valence-electron chi connectivity index (χ4n) is 3.71. The van der Waals surface area contributed by atoms with E-state index in [1.54, 1.807) is 0 Å². The Hall–Kier alpha value is -2.38. The summed E-state index contributed by atoms with van der Waals surface area (Å²) in [4.78, 5) is 15.0. The van der Waals surface area contributed by atoms with Crippen molar-refractivity contribution in [2.75, 3.05) is 38.1 Å². The Morgan fingerprint density at radius 1 is 1.19 bits per heavy atom. The average Bonchev–Trinajstić information content (AvgIpc) is 3.14. The molecular weight excluding hydrogens is 342 g/mol. The summed E-state index contributed by atoms with van der Waals surface area (Å²) in [5, 5.41) is 13.4. The van der Waals surface area contributed by atoms with Gasteiger partial charge in [0.15, 0.2) is 5.69 Å². The largest absolute Gasteiger partial charge is 0.492 e. The van der Waals surface area contributed by atoms with Crippen LogP contribution in [0.4, 0.5) is 5.69 Å². The number of likely N-dealkylation sites (tertiary alicyclic amines) is 1. The lowest BCUT2D eigenvalue weighted by Gasteiger charge is -2.26. The van der Waals surface area contributed by atoms with Crippen LogP contribution < -0.4 is 15.4 Å². The van der Waals surface area contributed by atoms with Crippen LogP contribution in [0.1, 0.15) is 41.0 Å². The highest BCUT2D eigenvalue weighted by Gasteiger charge is 2.21. The minimum Gasteiger partial charge on any atom is -0.492 e. The Bertz CT molecular complexity index is 765. The normalized spacial score (nSPS) is 17.3. The number of ether oxygens (including phenoxy) is 1. The van der Waals surface area contributed by atoms with Crippen molar-refractivity contribution in [2.45, 2.75) is 32.2 Å². The molecule has 1 aromatic carbocycles. The van der Waals surface area contributed by atoms with E-state index in [0.717, 1.165) is 42.2 Å². The molecule has 1 amide bonds. The maximum Gasteiger partial charge on any atom is 0.276 e. The second-order valence-electron chi connectivity index (χ2n) is 7.19. The number of carbonyl (C=O) groups excluding carboxylic acids is 1. The first-order valence-corrected chi connectivity index (χ1v) is 9.83. The molecule has 0 radical (unpaired) electrons. The van der Waals surface area contributed by atoms with E-state index in [2.05, 4.69) is 25.7 Å². The Morgan fingerprint density at radius 2 is 2.00 bits per heavy atom. The highest BCUT2D eigenvalue weighted by atomic mass is 16.5. The third kappa shape index (κ3) is 4.48. The minimum absolute atomic E-state index is 0.185. The predicted octanol–water partition coefficient (Wildman–Crippen LogP) is 2.17. The number of piperidine rings is 1. The lowest BCUT2D eigenvalue weighted by Crippen LogP contribution is -2.33. The molecule has 144 valence electrons. The first-order valence-electron chi connectivity index (χ1n) is 9.83. The van der Waals surface area contributed by atoms with Crippen molar-refractivity contribution in [1.82, 2.24) is 20.4 Å². The van der Waals surface area contributed by atoms with E-state index in [1.165, 1.54) is 32.4 Å². The topological polar surface area (TPSA) is 82.3 Å². The summed E-state index contributed by atoms with van der Waals surface area (Å²) in [6.07, 6.45) is 4.81. The van der Waals surface area contributed by atoms with Gasteiger partial charge in [-0.15, -0.1) is 0 Å². The zero-order valence-corrected chi connectivity index (χ0v) is 15.6. The van der Waals surface area contributed by atoms with E-state index in [4.69, 9.17) is 4.74 Å². The highest BCUT2D eigenvalue weighted by Crippen LogP contribution is 2.19.